The van der Waals surface area contributed by atoms with Gasteiger partial charge in [0.15, 0.2) is 0 Å². The molecule has 0 bridgehead atoms. The Morgan fingerprint density at radius 3 is 2.64 bits per heavy atom. The Bertz CT molecular complexity index is 853. The molecule has 6 heteroatoms. The minimum atomic E-state index is -0.651. The van der Waals surface area contributed by atoms with E-state index in [1.807, 2.05) is 38.1 Å². The molecule has 148 valence electrons. The smallest absolute Gasteiger partial charge is 0.321 e. The fourth-order valence-corrected chi connectivity index (χ4v) is 3.47. The fraction of sp³-hybridized carbons (Fsp3) is 0.364. The van der Waals surface area contributed by atoms with E-state index < -0.39 is 11.2 Å². The van der Waals surface area contributed by atoms with E-state index in [9.17, 15) is 14.0 Å². The van der Waals surface area contributed by atoms with Crippen LogP contribution in [0.1, 0.15) is 30.9 Å². The molecule has 2 aromatic rings. The van der Waals surface area contributed by atoms with E-state index in [0.29, 0.717) is 25.3 Å². The number of likely N-dealkylation sites (tertiary alicyclic amines) is 1. The van der Waals surface area contributed by atoms with E-state index in [0.717, 1.165) is 18.4 Å². The third kappa shape index (κ3) is 4.88. The molecule has 1 atom stereocenters. The molecule has 0 unspecified atom stereocenters. The van der Waals surface area contributed by atoms with Gasteiger partial charge in [0.25, 0.3) is 0 Å². The van der Waals surface area contributed by atoms with Gasteiger partial charge >= 0.3 is 6.03 Å². The molecule has 2 aromatic carbocycles. The molecule has 1 aliphatic heterocycles. The minimum absolute atomic E-state index is 0.0590. The van der Waals surface area contributed by atoms with Crippen LogP contribution in [0, 0.1) is 18.2 Å². The van der Waals surface area contributed by atoms with E-state index >= 15 is 0 Å². The van der Waals surface area contributed by atoms with Gasteiger partial charge in [-0.15, -0.1) is 0 Å². The molecule has 5 nitrogen and oxygen atoms in total. The molecule has 1 aliphatic rings. The van der Waals surface area contributed by atoms with E-state index in [4.69, 9.17) is 0 Å². The van der Waals surface area contributed by atoms with Crippen LogP contribution in [0.3, 0.4) is 0 Å². The van der Waals surface area contributed by atoms with Crippen LogP contribution in [-0.4, -0.2) is 29.9 Å². The predicted octanol–water partition coefficient (Wildman–Crippen LogP) is 4.08. The van der Waals surface area contributed by atoms with Gasteiger partial charge in [-0.05, 0) is 50.5 Å². The SMILES string of the molecule is Cc1ccc(CNC(=O)[C@@]2(C)CCCN(C(=O)Nc3cccc(F)c3)C2)cc1. The van der Waals surface area contributed by atoms with Crippen molar-refractivity contribution in [1.82, 2.24) is 10.2 Å². The van der Waals surface area contributed by atoms with Crippen LogP contribution in [0.2, 0.25) is 0 Å². The molecule has 0 radical (unpaired) electrons. The second-order valence-electron chi connectivity index (χ2n) is 7.69. The molecule has 28 heavy (non-hydrogen) atoms. The number of carbonyl (C=O) groups excluding carboxylic acids is 2. The van der Waals surface area contributed by atoms with Crippen LogP contribution in [0.15, 0.2) is 48.5 Å². The van der Waals surface area contributed by atoms with Crippen LogP contribution in [0.5, 0.6) is 0 Å². The van der Waals surface area contributed by atoms with Crippen molar-refractivity contribution in [1.29, 1.82) is 0 Å². The van der Waals surface area contributed by atoms with Crippen molar-refractivity contribution in [3.63, 3.8) is 0 Å². The average molecular weight is 383 g/mol. The molecule has 1 saturated heterocycles. The third-order valence-electron chi connectivity index (χ3n) is 5.18. The summed E-state index contributed by atoms with van der Waals surface area (Å²) in [6.07, 6.45) is 1.46. The van der Waals surface area contributed by atoms with Crippen LogP contribution >= 0.6 is 0 Å². The summed E-state index contributed by atoms with van der Waals surface area (Å²) in [4.78, 5) is 27.0. The highest BCUT2D eigenvalue weighted by molar-refractivity contribution is 5.90. The monoisotopic (exact) mass is 383 g/mol. The summed E-state index contributed by atoms with van der Waals surface area (Å²) in [6.45, 7) is 5.27. The molecule has 2 N–H and O–H groups in total. The Balaban J connectivity index is 1.59. The molecule has 1 heterocycles. The summed E-state index contributed by atoms with van der Waals surface area (Å²) in [5.41, 5.74) is 1.97. The number of aryl methyl sites for hydroxylation is 1. The van der Waals surface area contributed by atoms with Crippen LogP contribution in [0.25, 0.3) is 0 Å². The quantitative estimate of drug-likeness (QED) is 0.836. The minimum Gasteiger partial charge on any atom is -0.351 e. The van der Waals surface area contributed by atoms with E-state index in [1.165, 1.54) is 17.7 Å². The molecule has 0 saturated carbocycles. The summed E-state index contributed by atoms with van der Waals surface area (Å²) >= 11 is 0. The Hall–Kier alpha value is -2.89. The predicted molar refractivity (Wildman–Crippen MR) is 107 cm³/mol. The number of nitrogens with one attached hydrogen (secondary N) is 2. The van der Waals surface area contributed by atoms with E-state index in [2.05, 4.69) is 10.6 Å². The van der Waals surface area contributed by atoms with Crippen molar-refractivity contribution >= 4 is 17.6 Å². The largest absolute Gasteiger partial charge is 0.351 e. The van der Waals surface area contributed by atoms with Crippen molar-refractivity contribution in [3.05, 3.63) is 65.5 Å². The Morgan fingerprint density at radius 2 is 1.93 bits per heavy atom. The van der Waals surface area contributed by atoms with Crippen molar-refractivity contribution in [2.24, 2.45) is 5.41 Å². The van der Waals surface area contributed by atoms with Gasteiger partial charge in [0.1, 0.15) is 5.82 Å². The summed E-state index contributed by atoms with van der Waals surface area (Å²) in [5, 5.41) is 5.71. The number of anilines is 1. The maximum Gasteiger partial charge on any atom is 0.321 e. The first-order valence-corrected chi connectivity index (χ1v) is 9.51. The molecule has 1 fully saturated rings. The van der Waals surface area contributed by atoms with Gasteiger partial charge in [-0.3, -0.25) is 4.79 Å². The van der Waals surface area contributed by atoms with Crippen molar-refractivity contribution < 1.29 is 14.0 Å². The zero-order valence-corrected chi connectivity index (χ0v) is 16.3. The second kappa shape index (κ2) is 8.42. The number of piperidine rings is 1. The maximum atomic E-state index is 13.3. The second-order valence-corrected chi connectivity index (χ2v) is 7.69. The molecule has 0 spiro atoms. The van der Waals surface area contributed by atoms with Gasteiger partial charge in [0.05, 0.1) is 5.41 Å². The Labute approximate surface area is 164 Å². The van der Waals surface area contributed by atoms with Crippen LogP contribution in [-0.2, 0) is 11.3 Å². The highest BCUT2D eigenvalue weighted by Gasteiger charge is 2.39. The number of amides is 3. The molecule has 3 amide bonds. The number of carbonyl (C=O) groups is 2. The molecule has 3 rings (SSSR count). The van der Waals surface area contributed by atoms with Gasteiger partial charge in [0.2, 0.25) is 5.91 Å². The van der Waals surface area contributed by atoms with E-state index in [-0.39, 0.29) is 11.9 Å². The standard InChI is InChI=1S/C22H26FN3O2/c1-16-7-9-17(10-8-16)14-24-20(27)22(2)11-4-12-26(15-22)21(28)25-19-6-3-5-18(23)13-19/h3,5-10,13H,4,11-12,14-15H2,1-2H3,(H,24,27)(H,25,28)/t22-/m0/s1. The van der Waals surface area contributed by atoms with Gasteiger partial charge in [-0.2, -0.15) is 0 Å². The number of hydrogen-bond donors (Lipinski definition) is 2. The number of nitrogens with zero attached hydrogens (tertiary/aromatic N) is 1. The third-order valence-corrected chi connectivity index (χ3v) is 5.18. The lowest BCUT2D eigenvalue weighted by atomic mass is 9.81. The molecule has 0 aromatic heterocycles. The first-order valence-electron chi connectivity index (χ1n) is 9.51. The number of benzene rings is 2. The maximum absolute atomic E-state index is 13.3. The summed E-state index contributed by atoms with van der Waals surface area (Å²) in [6, 6.07) is 13.5. The van der Waals surface area contributed by atoms with Crippen molar-refractivity contribution in [2.45, 2.75) is 33.2 Å². The lowest BCUT2D eigenvalue weighted by molar-refractivity contribution is -0.132. The lowest BCUT2D eigenvalue weighted by Gasteiger charge is -2.39. The van der Waals surface area contributed by atoms with E-state index in [1.54, 1.807) is 17.0 Å². The topological polar surface area (TPSA) is 61.4 Å². The fourth-order valence-electron chi connectivity index (χ4n) is 3.47. The zero-order chi connectivity index (χ0) is 20.1. The van der Waals surface area contributed by atoms with Gasteiger partial charge in [-0.25, -0.2) is 9.18 Å². The summed E-state index contributed by atoms with van der Waals surface area (Å²) < 4.78 is 13.3. The Kier molecular flexibility index (Phi) is 5.97. The number of urea groups is 1. The molecular formula is C22H26FN3O2. The van der Waals surface area contributed by atoms with Gasteiger partial charge in [0, 0.05) is 25.3 Å². The first-order chi connectivity index (χ1) is 13.4. The number of hydrogen-bond acceptors (Lipinski definition) is 2. The normalized spacial score (nSPS) is 19.2. The molecule has 0 aliphatic carbocycles. The van der Waals surface area contributed by atoms with Crippen molar-refractivity contribution in [2.75, 3.05) is 18.4 Å². The Morgan fingerprint density at radius 1 is 1.18 bits per heavy atom. The highest BCUT2D eigenvalue weighted by atomic mass is 19.1. The van der Waals surface area contributed by atoms with Crippen LogP contribution in [0.4, 0.5) is 14.9 Å². The molecular weight excluding hydrogens is 357 g/mol. The summed E-state index contributed by atoms with van der Waals surface area (Å²) in [5.74, 6) is -0.465. The van der Waals surface area contributed by atoms with Crippen molar-refractivity contribution in [3.8, 4) is 0 Å². The number of halogens is 1. The average Bonchev–Trinajstić information content (AvgIpc) is 2.67. The van der Waals surface area contributed by atoms with Gasteiger partial charge in [-0.1, -0.05) is 35.9 Å². The first kappa shape index (κ1) is 19.9. The zero-order valence-electron chi connectivity index (χ0n) is 16.3. The summed E-state index contributed by atoms with van der Waals surface area (Å²) in [7, 11) is 0. The highest BCUT2D eigenvalue weighted by Crippen LogP contribution is 2.30. The number of rotatable bonds is 4. The van der Waals surface area contributed by atoms with Crippen LogP contribution < -0.4 is 10.6 Å². The lowest BCUT2D eigenvalue weighted by Crippen LogP contribution is -2.52. The van der Waals surface area contributed by atoms with Gasteiger partial charge < -0.3 is 15.5 Å².